The number of anilines is 1. The number of esters is 2. The van der Waals surface area contributed by atoms with Crippen LogP contribution < -0.4 is 20.1 Å². The maximum Gasteiger partial charge on any atom is 0.348 e. The van der Waals surface area contributed by atoms with Crippen LogP contribution in [0.1, 0.15) is 58.0 Å². The molecule has 0 aliphatic rings. The van der Waals surface area contributed by atoms with Gasteiger partial charge in [0.25, 0.3) is 0 Å². The van der Waals surface area contributed by atoms with Crippen LogP contribution in [0, 0.1) is 6.92 Å². The molecule has 10 heteroatoms. The van der Waals surface area contributed by atoms with E-state index < -0.39 is 11.9 Å². The smallest absolute Gasteiger partial charge is 0.348 e. The first kappa shape index (κ1) is 25.4. The van der Waals surface area contributed by atoms with Gasteiger partial charge in [0.2, 0.25) is 0 Å². The van der Waals surface area contributed by atoms with Gasteiger partial charge in [0.05, 0.1) is 39.0 Å². The molecule has 2 N–H and O–H groups in total. The zero-order valence-electron chi connectivity index (χ0n) is 19.0. The monoisotopic (exact) mass is 480 g/mol. The van der Waals surface area contributed by atoms with Gasteiger partial charge in [-0.2, -0.15) is 0 Å². The number of thiophene rings is 1. The van der Waals surface area contributed by atoms with Crippen LogP contribution in [0.3, 0.4) is 0 Å². The highest BCUT2D eigenvalue weighted by Gasteiger charge is 2.27. The molecule has 0 bridgehead atoms. The van der Waals surface area contributed by atoms with Crippen molar-refractivity contribution in [3.05, 3.63) is 39.8 Å². The predicted molar refractivity (Wildman–Crippen MR) is 128 cm³/mol. The van der Waals surface area contributed by atoms with Crippen LogP contribution in [0.4, 0.5) is 5.00 Å². The Labute approximate surface area is 197 Å². The molecule has 0 amide bonds. The number of carbonyl (C=O) groups excluding carboxylic acids is 2. The molecule has 1 unspecified atom stereocenters. The third kappa shape index (κ3) is 5.89. The van der Waals surface area contributed by atoms with Crippen molar-refractivity contribution in [3.63, 3.8) is 0 Å². The highest BCUT2D eigenvalue weighted by Crippen LogP contribution is 2.35. The van der Waals surface area contributed by atoms with E-state index in [1.54, 1.807) is 35.0 Å². The molecule has 1 heterocycles. The summed E-state index contributed by atoms with van der Waals surface area (Å²) in [4.78, 5) is 25.2. The topological polar surface area (TPSA) is 95.1 Å². The Morgan fingerprint density at radius 2 is 1.75 bits per heavy atom. The zero-order chi connectivity index (χ0) is 23.8. The number of rotatable bonds is 9. The molecule has 0 aliphatic carbocycles. The number of nitrogens with one attached hydrogen (secondary N) is 2. The molecule has 1 aromatic carbocycles. The van der Waals surface area contributed by atoms with E-state index in [4.69, 9.17) is 31.2 Å². The summed E-state index contributed by atoms with van der Waals surface area (Å²) >= 11 is 6.57. The van der Waals surface area contributed by atoms with E-state index in [0.29, 0.717) is 26.9 Å². The summed E-state index contributed by atoms with van der Waals surface area (Å²) in [5.41, 5.74) is 1.59. The number of hydrogen-bond donors (Lipinski definition) is 2. The summed E-state index contributed by atoms with van der Waals surface area (Å²) in [7, 11) is 3.18. The maximum absolute atomic E-state index is 12.6. The largest absolute Gasteiger partial charge is 0.497 e. The summed E-state index contributed by atoms with van der Waals surface area (Å²) in [5, 5.41) is 6.88. The molecule has 174 valence electrons. The minimum absolute atomic E-state index is 0.206. The lowest BCUT2D eigenvalue weighted by atomic mass is 10.1. The molecular formula is C22H28N2O6S2. The van der Waals surface area contributed by atoms with Crippen LogP contribution in [-0.2, 0) is 9.47 Å². The average Bonchev–Trinajstić information content (AvgIpc) is 3.09. The van der Waals surface area contributed by atoms with Crippen molar-refractivity contribution in [2.75, 3.05) is 32.8 Å². The van der Waals surface area contributed by atoms with Crippen LogP contribution in [-0.4, -0.2) is 44.5 Å². The average molecular weight is 481 g/mol. The van der Waals surface area contributed by atoms with Crippen molar-refractivity contribution in [2.24, 2.45) is 0 Å². The summed E-state index contributed by atoms with van der Waals surface area (Å²) in [6.07, 6.45) is 0. The summed E-state index contributed by atoms with van der Waals surface area (Å²) in [5.74, 6) is 0.329. The molecule has 0 saturated carbocycles. The van der Waals surface area contributed by atoms with E-state index in [2.05, 4.69) is 10.6 Å². The lowest BCUT2D eigenvalue weighted by molar-refractivity contribution is 0.0527. The first-order valence-corrected chi connectivity index (χ1v) is 11.3. The fraction of sp³-hybridized carbons (Fsp3) is 0.409. The van der Waals surface area contributed by atoms with Crippen molar-refractivity contribution < 1.29 is 28.5 Å². The second kappa shape index (κ2) is 11.7. The van der Waals surface area contributed by atoms with Gasteiger partial charge < -0.3 is 29.6 Å². The molecule has 32 heavy (non-hydrogen) atoms. The zero-order valence-corrected chi connectivity index (χ0v) is 20.6. The summed E-state index contributed by atoms with van der Waals surface area (Å²) in [6, 6.07) is 5.24. The van der Waals surface area contributed by atoms with Crippen LogP contribution >= 0.6 is 23.6 Å². The minimum Gasteiger partial charge on any atom is -0.497 e. The van der Waals surface area contributed by atoms with Crippen LogP contribution in [0.5, 0.6) is 11.5 Å². The Morgan fingerprint density at radius 3 is 2.34 bits per heavy atom. The van der Waals surface area contributed by atoms with Gasteiger partial charge in [-0.05, 0) is 63.7 Å². The van der Waals surface area contributed by atoms with Gasteiger partial charge in [0.1, 0.15) is 21.4 Å². The summed E-state index contributed by atoms with van der Waals surface area (Å²) in [6.45, 7) is 7.47. The molecule has 1 atom stereocenters. The number of ether oxygens (including phenoxy) is 4. The van der Waals surface area contributed by atoms with Crippen molar-refractivity contribution in [1.82, 2.24) is 5.32 Å². The van der Waals surface area contributed by atoms with E-state index in [1.807, 2.05) is 25.1 Å². The van der Waals surface area contributed by atoms with Crippen molar-refractivity contribution in [1.29, 1.82) is 0 Å². The lowest BCUT2D eigenvalue weighted by Gasteiger charge is -2.20. The maximum atomic E-state index is 12.6. The number of thiocarbonyl (C=S) groups is 1. The van der Waals surface area contributed by atoms with Gasteiger partial charge in [-0.1, -0.05) is 0 Å². The van der Waals surface area contributed by atoms with Gasteiger partial charge in [-0.15, -0.1) is 11.3 Å². The molecule has 1 aromatic heterocycles. The predicted octanol–water partition coefficient (Wildman–Crippen LogP) is 4.47. The SMILES string of the molecule is CCOC(=O)c1sc(NC(=S)NC(C)c2cc(OC)ccc2OC)c(C(=O)OCC)c1C. The number of hydrogen-bond acceptors (Lipinski definition) is 8. The highest BCUT2D eigenvalue weighted by molar-refractivity contribution is 7.80. The van der Waals surface area contributed by atoms with Crippen molar-refractivity contribution in [2.45, 2.75) is 33.7 Å². The lowest BCUT2D eigenvalue weighted by Crippen LogP contribution is -2.31. The molecule has 0 saturated heterocycles. The van der Waals surface area contributed by atoms with Gasteiger partial charge in [0, 0.05) is 5.56 Å². The number of methoxy groups -OCH3 is 2. The van der Waals surface area contributed by atoms with Gasteiger partial charge in [-0.3, -0.25) is 0 Å². The molecule has 0 radical (unpaired) electrons. The van der Waals surface area contributed by atoms with Crippen LogP contribution in [0.25, 0.3) is 0 Å². The minimum atomic E-state index is -0.537. The standard InChI is InChI=1S/C22H28N2O6S2/c1-7-29-20(25)17-12(3)18(21(26)30-8-2)32-19(17)24-22(31)23-13(4)15-11-14(27-5)9-10-16(15)28-6/h9-11,13H,7-8H2,1-6H3,(H2,23,24,31). The molecular weight excluding hydrogens is 452 g/mol. The molecule has 0 spiro atoms. The molecule has 0 fully saturated rings. The number of carbonyl (C=O) groups is 2. The van der Waals surface area contributed by atoms with Crippen LogP contribution in [0.15, 0.2) is 18.2 Å². The fourth-order valence-electron chi connectivity index (χ4n) is 3.03. The van der Waals surface area contributed by atoms with E-state index in [0.717, 1.165) is 16.9 Å². The first-order valence-electron chi connectivity index (χ1n) is 10.0. The Kier molecular flexibility index (Phi) is 9.27. The second-order valence-corrected chi connectivity index (χ2v) is 8.06. The Hall–Kier alpha value is -2.85. The van der Waals surface area contributed by atoms with Crippen molar-refractivity contribution >= 4 is 45.6 Å². The van der Waals surface area contributed by atoms with E-state index in [-0.39, 0.29) is 29.9 Å². The molecule has 2 aromatic rings. The van der Waals surface area contributed by atoms with Gasteiger partial charge in [-0.25, -0.2) is 9.59 Å². The van der Waals surface area contributed by atoms with E-state index in [1.165, 1.54) is 0 Å². The normalized spacial score (nSPS) is 11.3. The molecule has 8 nitrogen and oxygen atoms in total. The quantitative estimate of drug-likeness (QED) is 0.398. The molecule has 2 rings (SSSR count). The van der Waals surface area contributed by atoms with Crippen LogP contribution in [0.2, 0.25) is 0 Å². The Morgan fingerprint density at radius 1 is 1.09 bits per heavy atom. The Bertz CT molecular complexity index is 989. The number of benzene rings is 1. The Balaban J connectivity index is 2.29. The van der Waals surface area contributed by atoms with Gasteiger partial charge >= 0.3 is 11.9 Å². The second-order valence-electron chi connectivity index (χ2n) is 6.63. The third-order valence-corrected chi connectivity index (χ3v) is 5.97. The van der Waals surface area contributed by atoms with E-state index in [9.17, 15) is 9.59 Å². The van der Waals surface area contributed by atoms with Crippen molar-refractivity contribution in [3.8, 4) is 11.5 Å². The fourth-order valence-corrected chi connectivity index (χ4v) is 4.47. The molecule has 0 aliphatic heterocycles. The van der Waals surface area contributed by atoms with E-state index >= 15 is 0 Å². The van der Waals surface area contributed by atoms with Gasteiger partial charge in [0.15, 0.2) is 5.11 Å². The highest BCUT2D eigenvalue weighted by atomic mass is 32.1. The summed E-state index contributed by atoms with van der Waals surface area (Å²) < 4.78 is 21.0. The third-order valence-electron chi connectivity index (χ3n) is 4.57. The first-order chi connectivity index (χ1) is 15.3.